The van der Waals surface area contributed by atoms with Crippen molar-refractivity contribution in [3.63, 3.8) is 0 Å². The number of benzene rings is 1. The lowest BCUT2D eigenvalue weighted by atomic mass is 10.0. The molecule has 0 aliphatic heterocycles. The first-order valence-corrected chi connectivity index (χ1v) is 6.65. The fourth-order valence-corrected chi connectivity index (χ4v) is 2.29. The molecule has 106 valence electrons. The van der Waals surface area contributed by atoms with Gasteiger partial charge in [-0.2, -0.15) is 0 Å². The maximum absolute atomic E-state index is 11.0. The summed E-state index contributed by atoms with van der Waals surface area (Å²) in [5, 5.41) is 9.08. The van der Waals surface area contributed by atoms with Crippen molar-refractivity contribution in [2.45, 2.75) is 32.9 Å². The summed E-state index contributed by atoms with van der Waals surface area (Å²) in [6, 6.07) is 7.93. The summed E-state index contributed by atoms with van der Waals surface area (Å²) in [5.74, 6) is -0.766. The Morgan fingerprint density at radius 3 is 2.26 bits per heavy atom. The number of nitrogens with zero attached hydrogens (tertiary/aromatic N) is 1. The number of methoxy groups -OCH3 is 1. The minimum atomic E-state index is -0.766. The van der Waals surface area contributed by atoms with Crippen LogP contribution in [0.4, 0.5) is 0 Å². The van der Waals surface area contributed by atoms with Crippen molar-refractivity contribution in [2.24, 2.45) is 0 Å². The maximum atomic E-state index is 11.0. The van der Waals surface area contributed by atoms with Crippen molar-refractivity contribution in [2.75, 3.05) is 20.2 Å². The van der Waals surface area contributed by atoms with E-state index in [0.29, 0.717) is 6.61 Å². The molecule has 0 heterocycles. The number of ether oxygens (including phenoxy) is 1. The molecule has 19 heavy (non-hydrogen) atoms. The highest BCUT2D eigenvalue weighted by molar-refractivity contribution is 5.68. The van der Waals surface area contributed by atoms with Crippen molar-refractivity contribution in [3.8, 4) is 0 Å². The van der Waals surface area contributed by atoms with E-state index in [4.69, 9.17) is 9.84 Å². The monoisotopic (exact) mass is 265 g/mol. The molecule has 0 saturated heterocycles. The van der Waals surface area contributed by atoms with Crippen LogP contribution in [0.3, 0.4) is 0 Å². The summed E-state index contributed by atoms with van der Waals surface area (Å²) in [4.78, 5) is 13.2. The van der Waals surface area contributed by atoms with Crippen LogP contribution in [-0.2, 0) is 16.1 Å². The van der Waals surface area contributed by atoms with E-state index in [0.717, 1.165) is 24.2 Å². The Morgan fingerprint density at radius 2 is 1.84 bits per heavy atom. The summed E-state index contributed by atoms with van der Waals surface area (Å²) >= 11 is 0. The van der Waals surface area contributed by atoms with Gasteiger partial charge in [0.1, 0.15) is 0 Å². The summed E-state index contributed by atoms with van der Waals surface area (Å²) in [6.45, 7) is 6.37. The predicted molar refractivity (Wildman–Crippen MR) is 75.1 cm³/mol. The van der Waals surface area contributed by atoms with E-state index in [2.05, 4.69) is 18.7 Å². The van der Waals surface area contributed by atoms with Gasteiger partial charge in [-0.25, -0.2) is 0 Å². The number of carbonyl (C=O) groups is 1. The quantitative estimate of drug-likeness (QED) is 0.785. The van der Waals surface area contributed by atoms with E-state index < -0.39 is 5.97 Å². The molecule has 0 bridgehead atoms. The zero-order valence-corrected chi connectivity index (χ0v) is 11.9. The zero-order valence-electron chi connectivity index (χ0n) is 11.9. The minimum absolute atomic E-state index is 0.0657. The largest absolute Gasteiger partial charge is 0.481 e. The first-order chi connectivity index (χ1) is 9.12. The van der Waals surface area contributed by atoms with Crippen LogP contribution in [0.15, 0.2) is 24.3 Å². The van der Waals surface area contributed by atoms with Crippen LogP contribution in [0.25, 0.3) is 0 Å². The highest BCUT2D eigenvalue weighted by Crippen LogP contribution is 2.24. The van der Waals surface area contributed by atoms with Gasteiger partial charge in [-0.05, 0) is 24.2 Å². The average molecular weight is 265 g/mol. The SMILES string of the molecule is CCN(CC)C(CC(=O)O)c1ccc(COC)cc1. The summed E-state index contributed by atoms with van der Waals surface area (Å²) in [6.07, 6.45) is 0.130. The molecule has 4 nitrogen and oxygen atoms in total. The van der Waals surface area contributed by atoms with Gasteiger partial charge in [0.05, 0.1) is 13.0 Å². The third kappa shape index (κ3) is 4.65. The molecule has 0 spiro atoms. The van der Waals surface area contributed by atoms with Crippen LogP contribution in [0, 0.1) is 0 Å². The van der Waals surface area contributed by atoms with E-state index in [9.17, 15) is 4.79 Å². The molecule has 0 aliphatic carbocycles. The number of carboxylic acids is 1. The van der Waals surface area contributed by atoms with Crippen LogP contribution in [0.5, 0.6) is 0 Å². The third-order valence-corrected chi connectivity index (χ3v) is 3.30. The number of rotatable bonds is 8. The highest BCUT2D eigenvalue weighted by atomic mass is 16.5. The molecule has 1 N–H and O–H groups in total. The standard InChI is InChI=1S/C15H23NO3/c1-4-16(5-2)14(10-15(17)18)13-8-6-12(7-9-13)11-19-3/h6-9,14H,4-5,10-11H2,1-3H3,(H,17,18). The minimum Gasteiger partial charge on any atom is -0.481 e. The summed E-state index contributed by atoms with van der Waals surface area (Å²) < 4.78 is 5.08. The number of carboxylic acid groups (broad SMARTS) is 1. The van der Waals surface area contributed by atoms with E-state index in [1.807, 2.05) is 24.3 Å². The highest BCUT2D eigenvalue weighted by Gasteiger charge is 2.20. The Hall–Kier alpha value is -1.39. The first-order valence-electron chi connectivity index (χ1n) is 6.65. The van der Waals surface area contributed by atoms with Gasteiger partial charge >= 0.3 is 5.97 Å². The normalized spacial score (nSPS) is 12.6. The number of hydrogen-bond donors (Lipinski definition) is 1. The average Bonchev–Trinajstić information content (AvgIpc) is 2.40. The molecular formula is C15H23NO3. The first kappa shape index (κ1) is 15.7. The van der Waals surface area contributed by atoms with Crippen LogP contribution < -0.4 is 0 Å². The van der Waals surface area contributed by atoms with Gasteiger partial charge in [0.25, 0.3) is 0 Å². The van der Waals surface area contributed by atoms with E-state index in [1.54, 1.807) is 7.11 Å². The molecule has 0 radical (unpaired) electrons. The van der Waals surface area contributed by atoms with Crippen LogP contribution in [0.2, 0.25) is 0 Å². The molecule has 1 aromatic carbocycles. The summed E-state index contributed by atoms with van der Waals surface area (Å²) in [7, 11) is 1.66. The van der Waals surface area contributed by atoms with Gasteiger partial charge in [0.15, 0.2) is 0 Å². The lowest BCUT2D eigenvalue weighted by Gasteiger charge is -2.29. The van der Waals surface area contributed by atoms with Crippen molar-refractivity contribution in [1.29, 1.82) is 0 Å². The molecule has 0 saturated carbocycles. The molecule has 1 atom stereocenters. The molecule has 1 unspecified atom stereocenters. The van der Waals surface area contributed by atoms with Crippen LogP contribution >= 0.6 is 0 Å². The molecule has 0 fully saturated rings. The fourth-order valence-electron chi connectivity index (χ4n) is 2.29. The fraction of sp³-hybridized carbons (Fsp3) is 0.533. The van der Waals surface area contributed by atoms with Gasteiger partial charge in [-0.15, -0.1) is 0 Å². The maximum Gasteiger partial charge on any atom is 0.305 e. The number of hydrogen-bond acceptors (Lipinski definition) is 3. The van der Waals surface area contributed by atoms with Gasteiger partial charge < -0.3 is 9.84 Å². The Balaban J connectivity index is 2.92. The third-order valence-electron chi connectivity index (χ3n) is 3.30. The van der Waals surface area contributed by atoms with Gasteiger partial charge in [0.2, 0.25) is 0 Å². The zero-order chi connectivity index (χ0) is 14.3. The Labute approximate surface area is 115 Å². The Bertz CT molecular complexity index is 385. The smallest absolute Gasteiger partial charge is 0.305 e. The van der Waals surface area contributed by atoms with E-state index in [1.165, 1.54) is 0 Å². The molecule has 0 amide bonds. The van der Waals surface area contributed by atoms with Gasteiger partial charge in [-0.3, -0.25) is 9.69 Å². The molecule has 1 aromatic rings. The van der Waals surface area contributed by atoms with Crippen molar-refractivity contribution in [1.82, 2.24) is 4.90 Å². The van der Waals surface area contributed by atoms with Crippen molar-refractivity contribution >= 4 is 5.97 Å². The molecular weight excluding hydrogens is 242 g/mol. The second kappa shape index (κ2) is 7.92. The lowest BCUT2D eigenvalue weighted by molar-refractivity contribution is -0.138. The number of aliphatic carboxylic acids is 1. The molecule has 1 rings (SSSR count). The molecule has 0 aromatic heterocycles. The molecule has 0 aliphatic rings. The Kier molecular flexibility index (Phi) is 6.53. The second-order valence-electron chi connectivity index (χ2n) is 4.51. The molecule has 4 heteroatoms. The van der Waals surface area contributed by atoms with Crippen LogP contribution in [-0.4, -0.2) is 36.2 Å². The van der Waals surface area contributed by atoms with Gasteiger partial charge in [-0.1, -0.05) is 38.1 Å². The van der Waals surface area contributed by atoms with Crippen LogP contribution in [0.1, 0.15) is 37.4 Å². The van der Waals surface area contributed by atoms with Crippen molar-refractivity contribution in [3.05, 3.63) is 35.4 Å². The van der Waals surface area contributed by atoms with Crippen molar-refractivity contribution < 1.29 is 14.6 Å². The topological polar surface area (TPSA) is 49.8 Å². The van der Waals surface area contributed by atoms with E-state index >= 15 is 0 Å². The predicted octanol–water partition coefficient (Wildman–Crippen LogP) is 2.69. The van der Waals surface area contributed by atoms with E-state index in [-0.39, 0.29) is 12.5 Å². The van der Waals surface area contributed by atoms with Gasteiger partial charge in [0, 0.05) is 13.2 Å². The Morgan fingerprint density at radius 1 is 1.26 bits per heavy atom. The lowest BCUT2D eigenvalue weighted by Crippen LogP contribution is -2.30. The second-order valence-corrected chi connectivity index (χ2v) is 4.51. The summed E-state index contributed by atoms with van der Waals surface area (Å²) in [5.41, 5.74) is 2.14.